The third-order valence-corrected chi connectivity index (χ3v) is 4.53. The third kappa shape index (κ3) is 4.16. The van der Waals surface area contributed by atoms with Crippen LogP contribution in [0, 0.1) is 0 Å². The molecule has 1 saturated heterocycles. The van der Waals surface area contributed by atoms with Crippen LogP contribution < -0.4 is 10.9 Å². The fraction of sp³-hybridized carbons (Fsp3) is 0.136. The second-order valence-electron chi connectivity index (χ2n) is 6.53. The van der Waals surface area contributed by atoms with Gasteiger partial charge in [-0.25, -0.2) is 15.6 Å². The molecule has 1 fully saturated rings. The van der Waals surface area contributed by atoms with Crippen molar-refractivity contribution in [1.29, 1.82) is 0 Å². The molecule has 136 valence electrons. The molecule has 2 amide bonds. The van der Waals surface area contributed by atoms with Crippen molar-refractivity contribution >= 4 is 6.03 Å². The lowest BCUT2D eigenvalue weighted by molar-refractivity contribution is 0.0233. The summed E-state index contributed by atoms with van der Waals surface area (Å²) in [7, 11) is 0. The Morgan fingerprint density at radius 1 is 0.630 bits per heavy atom. The van der Waals surface area contributed by atoms with Gasteiger partial charge in [-0.3, -0.25) is 10.0 Å². The van der Waals surface area contributed by atoms with Crippen molar-refractivity contribution in [3.63, 3.8) is 0 Å². The van der Waals surface area contributed by atoms with Gasteiger partial charge in [0.1, 0.15) is 6.17 Å². The summed E-state index contributed by atoms with van der Waals surface area (Å²) in [5.41, 5.74) is 9.85. The molecule has 1 aliphatic rings. The van der Waals surface area contributed by atoms with Gasteiger partial charge < -0.3 is 0 Å². The molecular formula is C22H22N4O. The average Bonchev–Trinajstić information content (AvgIpc) is 2.73. The van der Waals surface area contributed by atoms with Crippen LogP contribution in [0.5, 0.6) is 0 Å². The molecule has 2 N–H and O–H groups in total. The molecule has 5 nitrogen and oxygen atoms in total. The molecule has 1 heterocycles. The predicted octanol–water partition coefficient (Wildman–Crippen LogP) is 3.83. The second-order valence-corrected chi connectivity index (χ2v) is 6.53. The van der Waals surface area contributed by atoms with Crippen LogP contribution in [0.2, 0.25) is 0 Å². The van der Waals surface area contributed by atoms with Gasteiger partial charge in [0.2, 0.25) is 0 Å². The summed E-state index contributed by atoms with van der Waals surface area (Å²) in [6.07, 6.45) is -0.184. The van der Waals surface area contributed by atoms with Crippen LogP contribution in [0.25, 0.3) is 0 Å². The fourth-order valence-electron chi connectivity index (χ4n) is 3.15. The minimum absolute atomic E-state index is 0.102. The fourth-order valence-corrected chi connectivity index (χ4v) is 3.15. The number of hydrazine groups is 2. The number of benzene rings is 3. The maximum absolute atomic E-state index is 13.0. The topological polar surface area (TPSA) is 47.6 Å². The van der Waals surface area contributed by atoms with E-state index < -0.39 is 0 Å². The third-order valence-electron chi connectivity index (χ3n) is 4.53. The van der Waals surface area contributed by atoms with Crippen LogP contribution in [0.3, 0.4) is 0 Å². The van der Waals surface area contributed by atoms with E-state index >= 15 is 0 Å². The monoisotopic (exact) mass is 358 g/mol. The summed E-state index contributed by atoms with van der Waals surface area (Å²) in [6.45, 7) is 0.992. The molecule has 0 unspecified atom stereocenters. The molecule has 0 aromatic heterocycles. The quantitative estimate of drug-likeness (QED) is 0.729. The largest absolute Gasteiger partial charge is 0.349 e. The van der Waals surface area contributed by atoms with E-state index in [9.17, 15) is 4.79 Å². The van der Waals surface area contributed by atoms with Crippen molar-refractivity contribution in [2.45, 2.75) is 19.3 Å². The second kappa shape index (κ2) is 8.03. The van der Waals surface area contributed by atoms with Gasteiger partial charge in [-0.2, -0.15) is 0 Å². The number of carbonyl (C=O) groups is 1. The predicted molar refractivity (Wildman–Crippen MR) is 105 cm³/mol. The number of amides is 2. The summed E-state index contributed by atoms with van der Waals surface area (Å²) < 4.78 is 0. The number of carbonyl (C=O) groups excluding carboxylic acids is 1. The molecule has 1 aliphatic heterocycles. The van der Waals surface area contributed by atoms with E-state index in [1.807, 2.05) is 91.0 Å². The molecule has 3 aromatic rings. The van der Waals surface area contributed by atoms with Gasteiger partial charge in [0.25, 0.3) is 0 Å². The highest BCUT2D eigenvalue weighted by atomic mass is 16.2. The minimum Gasteiger partial charge on any atom is -0.252 e. The van der Waals surface area contributed by atoms with Crippen LogP contribution in [0.15, 0.2) is 91.0 Å². The zero-order valence-corrected chi connectivity index (χ0v) is 15.0. The first kappa shape index (κ1) is 17.3. The van der Waals surface area contributed by atoms with E-state index in [1.165, 1.54) is 0 Å². The first-order valence-electron chi connectivity index (χ1n) is 9.04. The van der Waals surface area contributed by atoms with Crippen molar-refractivity contribution in [3.8, 4) is 0 Å². The van der Waals surface area contributed by atoms with Gasteiger partial charge >= 0.3 is 6.03 Å². The Hall–Kier alpha value is -3.15. The first-order chi connectivity index (χ1) is 13.3. The van der Waals surface area contributed by atoms with E-state index in [0.29, 0.717) is 13.1 Å². The minimum atomic E-state index is -0.184. The highest BCUT2D eigenvalue weighted by molar-refractivity contribution is 5.74. The van der Waals surface area contributed by atoms with Crippen LogP contribution in [-0.4, -0.2) is 16.0 Å². The number of nitrogens with zero attached hydrogens (tertiary/aromatic N) is 2. The summed E-state index contributed by atoms with van der Waals surface area (Å²) >= 11 is 0. The van der Waals surface area contributed by atoms with Crippen LogP contribution in [-0.2, 0) is 13.1 Å². The number of hydrogen-bond acceptors (Lipinski definition) is 3. The Bertz CT molecular complexity index is 817. The molecule has 0 bridgehead atoms. The molecule has 27 heavy (non-hydrogen) atoms. The van der Waals surface area contributed by atoms with Gasteiger partial charge in [-0.15, -0.1) is 0 Å². The summed E-state index contributed by atoms with van der Waals surface area (Å²) in [6, 6.07) is 30.0. The van der Waals surface area contributed by atoms with E-state index in [-0.39, 0.29) is 12.2 Å². The lowest BCUT2D eigenvalue weighted by Gasteiger charge is -2.41. The Balaban J connectivity index is 1.58. The normalized spacial score (nSPS) is 15.2. The lowest BCUT2D eigenvalue weighted by atomic mass is 10.1. The maximum Gasteiger partial charge on any atom is 0.349 e. The Labute approximate surface area is 159 Å². The molecule has 5 heteroatoms. The Kier molecular flexibility index (Phi) is 5.14. The molecule has 0 radical (unpaired) electrons. The summed E-state index contributed by atoms with van der Waals surface area (Å²) in [5, 5.41) is 3.35. The first-order valence-corrected chi connectivity index (χ1v) is 9.04. The van der Waals surface area contributed by atoms with Crippen LogP contribution in [0.1, 0.15) is 22.9 Å². The molecule has 0 atom stereocenters. The SMILES string of the molecule is O=C1N(Cc2ccccc2)NC(c2ccccc2)NN1Cc1ccccc1. The number of hydrogen-bond donors (Lipinski definition) is 2. The van der Waals surface area contributed by atoms with Crippen LogP contribution in [0.4, 0.5) is 4.79 Å². The molecule has 0 saturated carbocycles. The molecule has 3 aromatic carbocycles. The zero-order valence-electron chi connectivity index (χ0n) is 15.0. The van der Waals surface area contributed by atoms with E-state index in [2.05, 4.69) is 10.9 Å². The van der Waals surface area contributed by atoms with Crippen molar-refractivity contribution in [1.82, 2.24) is 20.9 Å². The van der Waals surface area contributed by atoms with Crippen molar-refractivity contribution in [2.24, 2.45) is 0 Å². The number of rotatable bonds is 5. The van der Waals surface area contributed by atoms with Crippen molar-refractivity contribution < 1.29 is 4.79 Å². The Morgan fingerprint density at radius 2 is 1.04 bits per heavy atom. The Morgan fingerprint density at radius 3 is 1.48 bits per heavy atom. The van der Waals surface area contributed by atoms with Gasteiger partial charge in [0, 0.05) is 0 Å². The zero-order chi connectivity index (χ0) is 18.5. The molecular weight excluding hydrogens is 336 g/mol. The molecule has 0 spiro atoms. The van der Waals surface area contributed by atoms with E-state index in [1.54, 1.807) is 10.0 Å². The van der Waals surface area contributed by atoms with Gasteiger partial charge in [-0.05, 0) is 16.7 Å². The smallest absolute Gasteiger partial charge is 0.252 e. The molecule has 0 aliphatic carbocycles. The van der Waals surface area contributed by atoms with E-state index in [0.717, 1.165) is 16.7 Å². The van der Waals surface area contributed by atoms with Crippen molar-refractivity contribution in [3.05, 3.63) is 108 Å². The summed E-state index contributed by atoms with van der Waals surface area (Å²) in [5.74, 6) is 0. The highest BCUT2D eigenvalue weighted by Gasteiger charge is 2.31. The van der Waals surface area contributed by atoms with Gasteiger partial charge in [-0.1, -0.05) is 91.0 Å². The van der Waals surface area contributed by atoms with Crippen molar-refractivity contribution in [2.75, 3.05) is 0 Å². The van der Waals surface area contributed by atoms with Gasteiger partial charge in [0.15, 0.2) is 0 Å². The summed E-state index contributed by atoms with van der Waals surface area (Å²) in [4.78, 5) is 13.0. The average molecular weight is 358 g/mol. The van der Waals surface area contributed by atoms with Crippen LogP contribution >= 0.6 is 0 Å². The standard InChI is InChI=1S/C22H22N4O/c27-22-25(16-18-10-4-1-5-11-18)23-21(20-14-8-3-9-15-20)24-26(22)17-19-12-6-2-7-13-19/h1-15,21,23-24H,16-17H2. The number of nitrogens with one attached hydrogen (secondary N) is 2. The van der Waals surface area contributed by atoms with E-state index in [4.69, 9.17) is 0 Å². The molecule has 4 rings (SSSR count). The lowest BCUT2D eigenvalue weighted by Crippen LogP contribution is -2.64. The van der Waals surface area contributed by atoms with Gasteiger partial charge in [0.05, 0.1) is 13.1 Å². The maximum atomic E-state index is 13.0. The number of urea groups is 1. The highest BCUT2D eigenvalue weighted by Crippen LogP contribution is 2.19.